The van der Waals surface area contributed by atoms with Gasteiger partial charge in [-0.25, -0.2) is 0 Å². The molecule has 0 radical (unpaired) electrons. The van der Waals surface area contributed by atoms with E-state index in [1.807, 2.05) is 20.8 Å². The summed E-state index contributed by atoms with van der Waals surface area (Å²) in [5.74, 6) is -1.28. The number of hydrogen-bond acceptors (Lipinski definition) is 2. The highest BCUT2D eigenvalue weighted by Gasteiger charge is 2.24. The molecule has 1 rings (SSSR count). The molecule has 0 fully saturated rings. The zero-order chi connectivity index (χ0) is 14.6. The summed E-state index contributed by atoms with van der Waals surface area (Å²) in [6, 6.07) is 6.63. The van der Waals surface area contributed by atoms with Crippen LogP contribution in [0.1, 0.15) is 27.2 Å². The molecule has 4 nitrogen and oxygen atoms in total. The Kier molecular flexibility index (Phi) is 4.95. The van der Waals surface area contributed by atoms with Crippen LogP contribution in [0.2, 0.25) is 5.02 Å². The lowest BCUT2D eigenvalue weighted by Crippen LogP contribution is -2.37. The van der Waals surface area contributed by atoms with Crippen LogP contribution in [0, 0.1) is 5.41 Å². The molecular weight excluding hydrogens is 266 g/mol. The van der Waals surface area contributed by atoms with Crippen LogP contribution >= 0.6 is 11.6 Å². The molecule has 0 heterocycles. The fraction of sp³-hybridized carbons (Fsp3) is 0.429. The minimum absolute atomic E-state index is 0.202. The van der Waals surface area contributed by atoms with Gasteiger partial charge in [0, 0.05) is 17.1 Å². The minimum Gasteiger partial charge on any atom is -0.480 e. The SMILES string of the molecule is CC(C)(C)CC(=O)N(CC(=O)O)c1cccc(Cl)c1. The van der Waals surface area contributed by atoms with Crippen molar-refractivity contribution in [3.8, 4) is 0 Å². The van der Waals surface area contributed by atoms with Crippen molar-refractivity contribution in [1.29, 1.82) is 0 Å². The number of nitrogens with zero attached hydrogens (tertiary/aromatic N) is 1. The van der Waals surface area contributed by atoms with Crippen LogP contribution < -0.4 is 4.90 Å². The van der Waals surface area contributed by atoms with Crippen LogP contribution in [-0.4, -0.2) is 23.5 Å². The number of aliphatic carboxylic acids is 1. The molecule has 1 amide bonds. The van der Waals surface area contributed by atoms with Gasteiger partial charge < -0.3 is 10.0 Å². The maximum Gasteiger partial charge on any atom is 0.323 e. The summed E-state index contributed by atoms with van der Waals surface area (Å²) in [5.41, 5.74) is 0.302. The Hall–Kier alpha value is -1.55. The summed E-state index contributed by atoms with van der Waals surface area (Å²) >= 11 is 5.88. The second-order valence-electron chi connectivity index (χ2n) is 5.59. The quantitative estimate of drug-likeness (QED) is 0.923. The molecule has 0 atom stereocenters. The lowest BCUT2D eigenvalue weighted by atomic mass is 9.91. The van der Waals surface area contributed by atoms with Crippen molar-refractivity contribution in [3.05, 3.63) is 29.3 Å². The largest absolute Gasteiger partial charge is 0.480 e. The molecule has 0 bridgehead atoms. The van der Waals surface area contributed by atoms with Gasteiger partial charge in [0.05, 0.1) is 0 Å². The van der Waals surface area contributed by atoms with E-state index in [4.69, 9.17) is 16.7 Å². The summed E-state index contributed by atoms with van der Waals surface area (Å²) < 4.78 is 0. The fourth-order valence-corrected chi connectivity index (χ4v) is 1.84. The number of benzene rings is 1. The highest BCUT2D eigenvalue weighted by Crippen LogP contribution is 2.24. The molecule has 19 heavy (non-hydrogen) atoms. The average molecular weight is 284 g/mol. The van der Waals surface area contributed by atoms with Crippen LogP contribution in [0.3, 0.4) is 0 Å². The van der Waals surface area contributed by atoms with Crippen molar-refractivity contribution in [2.24, 2.45) is 5.41 Å². The first-order valence-electron chi connectivity index (χ1n) is 5.97. The van der Waals surface area contributed by atoms with Gasteiger partial charge in [-0.05, 0) is 23.6 Å². The van der Waals surface area contributed by atoms with Gasteiger partial charge in [0.25, 0.3) is 0 Å². The molecule has 0 unspecified atom stereocenters. The molecule has 5 heteroatoms. The molecular formula is C14H18ClNO3. The lowest BCUT2D eigenvalue weighted by molar-refractivity contribution is -0.136. The Morgan fingerprint density at radius 2 is 1.95 bits per heavy atom. The Morgan fingerprint density at radius 1 is 1.32 bits per heavy atom. The van der Waals surface area contributed by atoms with Gasteiger partial charge in [0.1, 0.15) is 6.54 Å². The first-order valence-corrected chi connectivity index (χ1v) is 6.34. The molecule has 1 aromatic carbocycles. The van der Waals surface area contributed by atoms with Gasteiger partial charge in [-0.1, -0.05) is 38.4 Å². The number of anilines is 1. The summed E-state index contributed by atoms with van der Waals surface area (Å²) in [7, 11) is 0. The molecule has 0 spiro atoms. The standard InChI is InChI=1S/C14H18ClNO3/c1-14(2,3)8-12(17)16(9-13(18)19)11-6-4-5-10(15)7-11/h4-7H,8-9H2,1-3H3,(H,18,19). The zero-order valence-corrected chi connectivity index (χ0v) is 12.1. The van der Waals surface area contributed by atoms with Crippen molar-refractivity contribution in [1.82, 2.24) is 0 Å². The highest BCUT2D eigenvalue weighted by molar-refractivity contribution is 6.30. The summed E-state index contributed by atoms with van der Waals surface area (Å²) in [5, 5.41) is 9.40. The smallest absolute Gasteiger partial charge is 0.323 e. The summed E-state index contributed by atoms with van der Waals surface area (Å²) in [6.45, 7) is 5.43. The van der Waals surface area contributed by atoms with E-state index in [2.05, 4.69) is 0 Å². The predicted octanol–water partition coefficient (Wildman–Crippen LogP) is 3.19. The maximum absolute atomic E-state index is 12.2. The molecule has 0 aliphatic heterocycles. The normalized spacial score (nSPS) is 11.2. The number of rotatable bonds is 4. The molecule has 0 aromatic heterocycles. The maximum atomic E-state index is 12.2. The number of amides is 1. The Labute approximate surface area is 118 Å². The highest BCUT2D eigenvalue weighted by atomic mass is 35.5. The van der Waals surface area contributed by atoms with Gasteiger partial charge in [-0.3, -0.25) is 9.59 Å². The van der Waals surface area contributed by atoms with Crippen LogP contribution in [0.25, 0.3) is 0 Å². The van der Waals surface area contributed by atoms with E-state index in [1.54, 1.807) is 24.3 Å². The number of halogens is 1. The second-order valence-corrected chi connectivity index (χ2v) is 6.03. The van der Waals surface area contributed by atoms with E-state index in [-0.39, 0.29) is 24.3 Å². The predicted molar refractivity (Wildman–Crippen MR) is 75.5 cm³/mol. The van der Waals surface area contributed by atoms with Crippen molar-refractivity contribution in [2.45, 2.75) is 27.2 Å². The number of carboxylic acids is 1. The number of hydrogen-bond donors (Lipinski definition) is 1. The van der Waals surface area contributed by atoms with Crippen LogP contribution in [-0.2, 0) is 9.59 Å². The number of carbonyl (C=O) groups excluding carboxylic acids is 1. The summed E-state index contributed by atoms with van der Waals surface area (Å²) in [4.78, 5) is 24.4. The van der Waals surface area contributed by atoms with Gasteiger partial charge in [0.15, 0.2) is 0 Å². The molecule has 104 valence electrons. The molecule has 0 saturated carbocycles. The lowest BCUT2D eigenvalue weighted by Gasteiger charge is -2.25. The molecule has 0 aliphatic carbocycles. The van der Waals surface area contributed by atoms with Gasteiger partial charge in [0.2, 0.25) is 5.91 Å². The topological polar surface area (TPSA) is 57.6 Å². The fourth-order valence-electron chi connectivity index (χ4n) is 1.65. The van der Waals surface area contributed by atoms with Crippen LogP contribution in [0.4, 0.5) is 5.69 Å². The van der Waals surface area contributed by atoms with E-state index in [1.165, 1.54) is 4.90 Å². The third-order valence-electron chi connectivity index (χ3n) is 2.40. The van der Waals surface area contributed by atoms with E-state index in [9.17, 15) is 9.59 Å². The van der Waals surface area contributed by atoms with Gasteiger partial charge in [-0.2, -0.15) is 0 Å². The van der Waals surface area contributed by atoms with E-state index in [0.29, 0.717) is 10.7 Å². The molecule has 1 aromatic rings. The minimum atomic E-state index is -1.05. The van der Waals surface area contributed by atoms with Crippen LogP contribution in [0.15, 0.2) is 24.3 Å². The van der Waals surface area contributed by atoms with E-state index in [0.717, 1.165) is 0 Å². The molecule has 0 saturated heterocycles. The Morgan fingerprint density at radius 3 is 2.42 bits per heavy atom. The first kappa shape index (κ1) is 15.5. The van der Waals surface area contributed by atoms with Crippen molar-refractivity contribution in [2.75, 3.05) is 11.4 Å². The average Bonchev–Trinajstić information content (AvgIpc) is 2.23. The van der Waals surface area contributed by atoms with E-state index >= 15 is 0 Å². The zero-order valence-electron chi connectivity index (χ0n) is 11.3. The van der Waals surface area contributed by atoms with Crippen molar-refractivity contribution in [3.63, 3.8) is 0 Å². The molecule has 1 N–H and O–H groups in total. The first-order chi connectivity index (χ1) is 8.69. The third-order valence-corrected chi connectivity index (χ3v) is 2.63. The van der Waals surface area contributed by atoms with Crippen molar-refractivity contribution >= 4 is 29.2 Å². The molecule has 0 aliphatic rings. The second kappa shape index (κ2) is 6.06. The number of carboxylic acid groups (broad SMARTS) is 1. The monoisotopic (exact) mass is 283 g/mol. The van der Waals surface area contributed by atoms with Gasteiger partial charge >= 0.3 is 5.97 Å². The van der Waals surface area contributed by atoms with Crippen molar-refractivity contribution < 1.29 is 14.7 Å². The number of carbonyl (C=O) groups is 2. The van der Waals surface area contributed by atoms with E-state index < -0.39 is 5.97 Å². The Bertz CT molecular complexity index is 480. The summed E-state index contributed by atoms with van der Waals surface area (Å²) in [6.07, 6.45) is 0.271. The van der Waals surface area contributed by atoms with Gasteiger partial charge in [-0.15, -0.1) is 0 Å². The van der Waals surface area contributed by atoms with Crippen LogP contribution in [0.5, 0.6) is 0 Å². The Balaban J connectivity index is 3.01. The third kappa shape index (κ3) is 5.30.